The Bertz CT molecular complexity index is 1120. The third-order valence-corrected chi connectivity index (χ3v) is 6.70. The summed E-state index contributed by atoms with van der Waals surface area (Å²) >= 11 is 9.27. The summed E-state index contributed by atoms with van der Waals surface area (Å²) in [6.45, 7) is 2.00. The molecule has 6 heteroatoms. The van der Waals surface area contributed by atoms with Gasteiger partial charge in [-0.3, -0.25) is 4.79 Å². The topological polar surface area (TPSA) is 42.0 Å². The number of benzene rings is 3. The minimum absolute atomic E-state index is 0.110. The summed E-state index contributed by atoms with van der Waals surface area (Å²) in [5, 5.41) is 3.71. The molecule has 0 radical (unpaired) electrons. The van der Waals surface area contributed by atoms with Gasteiger partial charge in [-0.1, -0.05) is 53.2 Å². The number of carbonyl (C=O) groups is 1. The summed E-state index contributed by atoms with van der Waals surface area (Å²) in [5.74, 6) is 0.731. The highest BCUT2D eigenvalue weighted by Crippen LogP contribution is 2.33. The van der Waals surface area contributed by atoms with E-state index in [1.807, 2.05) is 73.7 Å². The van der Waals surface area contributed by atoms with E-state index in [0.29, 0.717) is 5.56 Å². The van der Waals surface area contributed by atoms with Crippen LogP contribution in [-0.4, -0.2) is 10.9 Å². The minimum Gasteiger partial charge on any atom is -0.322 e. The largest absolute Gasteiger partial charge is 0.322 e. The van der Waals surface area contributed by atoms with Crippen LogP contribution >= 0.6 is 34.7 Å². The Labute approximate surface area is 176 Å². The first-order valence-corrected chi connectivity index (χ1v) is 10.9. The molecule has 1 amide bonds. The zero-order chi connectivity index (χ0) is 19.5. The van der Waals surface area contributed by atoms with Crippen molar-refractivity contribution in [2.45, 2.75) is 17.0 Å². The van der Waals surface area contributed by atoms with E-state index in [2.05, 4.69) is 10.3 Å². The van der Waals surface area contributed by atoms with Gasteiger partial charge >= 0.3 is 0 Å². The lowest BCUT2D eigenvalue weighted by Crippen LogP contribution is -2.11. The van der Waals surface area contributed by atoms with E-state index in [4.69, 9.17) is 11.6 Å². The molecule has 3 aromatic carbocycles. The zero-order valence-corrected chi connectivity index (χ0v) is 17.5. The second-order valence-corrected chi connectivity index (χ2v) is 9.09. The maximum Gasteiger partial charge on any atom is 0.255 e. The van der Waals surface area contributed by atoms with E-state index in [-0.39, 0.29) is 5.91 Å². The van der Waals surface area contributed by atoms with E-state index in [9.17, 15) is 4.79 Å². The normalized spacial score (nSPS) is 10.9. The Balaban J connectivity index is 1.46. The van der Waals surface area contributed by atoms with Crippen molar-refractivity contribution in [3.8, 4) is 0 Å². The van der Waals surface area contributed by atoms with Gasteiger partial charge in [-0.15, -0.1) is 11.3 Å². The van der Waals surface area contributed by atoms with Crippen molar-refractivity contribution in [1.82, 2.24) is 4.98 Å². The monoisotopic (exact) mass is 424 g/mol. The average Bonchev–Trinajstić information content (AvgIpc) is 3.10. The lowest BCUT2D eigenvalue weighted by molar-refractivity contribution is 0.102. The first-order chi connectivity index (χ1) is 13.6. The molecule has 140 valence electrons. The number of rotatable bonds is 5. The van der Waals surface area contributed by atoms with Crippen LogP contribution in [-0.2, 0) is 5.75 Å². The fourth-order valence-electron chi connectivity index (χ4n) is 2.68. The van der Waals surface area contributed by atoms with E-state index >= 15 is 0 Å². The summed E-state index contributed by atoms with van der Waals surface area (Å²) in [5.41, 5.74) is 4.70. The molecule has 0 fully saturated rings. The van der Waals surface area contributed by atoms with Crippen LogP contribution in [0.2, 0.25) is 5.02 Å². The van der Waals surface area contributed by atoms with Gasteiger partial charge in [0.05, 0.1) is 10.2 Å². The Morgan fingerprint density at radius 3 is 2.57 bits per heavy atom. The summed E-state index contributed by atoms with van der Waals surface area (Å²) in [6.07, 6.45) is 0. The molecular formula is C22H17ClN2OS2. The molecule has 4 rings (SSSR count). The number of nitrogens with one attached hydrogen (secondary N) is 1. The number of thiazole rings is 1. The van der Waals surface area contributed by atoms with Crippen LogP contribution in [0, 0.1) is 6.92 Å². The van der Waals surface area contributed by atoms with Crippen molar-refractivity contribution in [2.75, 3.05) is 5.32 Å². The standard InChI is InChI=1S/C22H17ClN2OS2/c1-14-2-6-16(7-3-14)21(26)24-18-10-11-19-20(12-18)28-22(25-19)27-13-15-4-8-17(23)9-5-15/h2-12H,13H2,1H3,(H,24,26). The number of hydrogen-bond donors (Lipinski definition) is 1. The van der Waals surface area contributed by atoms with Crippen molar-refractivity contribution in [3.05, 3.63) is 88.4 Å². The van der Waals surface area contributed by atoms with Gasteiger partial charge in [0.2, 0.25) is 0 Å². The molecule has 0 spiro atoms. The number of thioether (sulfide) groups is 1. The van der Waals surface area contributed by atoms with Crippen LogP contribution in [0.1, 0.15) is 21.5 Å². The van der Waals surface area contributed by atoms with Crippen LogP contribution in [0.5, 0.6) is 0 Å². The number of hydrogen-bond acceptors (Lipinski definition) is 4. The quantitative estimate of drug-likeness (QED) is 0.358. The molecule has 1 N–H and O–H groups in total. The van der Waals surface area contributed by atoms with E-state index < -0.39 is 0 Å². The van der Waals surface area contributed by atoms with Gasteiger partial charge in [0.25, 0.3) is 5.91 Å². The third kappa shape index (κ3) is 4.55. The summed E-state index contributed by atoms with van der Waals surface area (Å²) < 4.78 is 2.06. The summed E-state index contributed by atoms with van der Waals surface area (Å²) in [4.78, 5) is 17.1. The second kappa shape index (κ2) is 8.35. The van der Waals surface area contributed by atoms with Gasteiger partial charge in [0.1, 0.15) is 0 Å². The highest BCUT2D eigenvalue weighted by Gasteiger charge is 2.09. The van der Waals surface area contributed by atoms with Crippen LogP contribution in [0.4, 0.5) is 5.69 Å². The SMILES string of the molecule is Cc1ccc(C(=O)Nc2ccc3nc(SCc4ccc(Cl)cc4)sc3c2)cc1. The van der Waals surface area contributed by atoms with Crippen molar-refractivity contribution < 1.29 is 4.79 Å². The Kier molecular flexibility index (Phi) is 5.67. The smallest absolute Gasteiger partial charge is 0.255 e. The van der Waals surface area contributed by atoms with E-state index in [1.165, 1.54) is 5.56 Å². The van der Waals surface area contributed by atoms with Crippen molar-refractivity contribution in [1.29, 1.82) is 0 Å². The zero-order valence-electron chi connectivity index (χ0n) is 15.1. The predicted octanol–water partition coefficient (Wildman–Crippen LogP) is 6.80. The number of fused-ring (bicyclic) bond motifs is 1. The Morgan fingerprint density at radius 2 is 1.82 bits per heavy atom. The lowest BCUT2D eigenvalue weighted by atomic mass is 10.1. The molecule has 28 heavy (non-hydrogen) atoms. The maximum atomic E-state index is 12.4. The number of halogens is 1. The molecule has 0 saturated carbocycles. The number of carbonyl (C=O) groups excluding carboxylic acids is 1. The molecule has 0 aliphatic rings. The fraction of sp³-hybridized carbons (Fsp3) is 0.0909. The number of anilines is 1. The highest BCUT2D eigenvalue weighted by atomic mass is 35.5. The van der Waals surface area contributed by atoms with Crippen molar-refractivity contribution in [3.63, 3.8) is 0 Å². The average molecular weight is 425 g/mol. The second-order valence-electron chi connectivity index (χ2n) is 6.40. The number of aromatic nitrogens is 1. The van der Waals surface area contributed by atoms with Crippen LogP contribution < -0.4 is 5.32 Å². The molecule has 1 aromatic heterocycles. The van der Waals surface area contributed by atoms with Crippen molar-refractivity contribution in [2.24, 2.45) is 0 Å². The summed E-state index contributed by atoms with van der Waals surface area (Å²) in [7, 11) is 0. The minimum atomic E-state index is -0.110. The van der Waals surface area contributed by atoms with E-state index in [0.717, 1.165) is 36.6 Å². The van der Waals surface area contributed by atoms with Gasteiger partial charge in [0.15, 0.2) is 4.34 Å². The fourth-order valence-corrected chi connectivity index (χ4v) is 4.87. The molecule has 0 atom stereocenters. The molecule has 0 unspecified atom stereocenters. The predicted molar refractivity (Wildman–Crippen MR) is 120 cm³/mol. The number of nitrogens with zero attached hydrogens (tertiary/aromatic N) is 1. The molecule has 0 saturated heterocycles. The van der Waals surface area contributed by atoms with Gasteiger partial charge in [-0.25, -0.2) is 4.98 Å². The maximum absolute atomic E-state index is 12.4. The van der Waals surface area contributed by atoms with Crippen LogP contribution in [0.25, 0.3) is 10.2 Å². The van der Waals surface area contributed by atoms with Gasteiger partial charge in [-0.05, 0) is 55.0 Å². The molecule has 0 aliphatic heterocycles. The van der Waals surface area contributed by atoms with Gasteiger partial charge in [0, 0.05) is 22.0 Å². The third-order valence-electron chi connectivity index (χ3n) is 4.22. The van der Waals surface area contributed by atoms with Crippen molar-refractivity contribution >= 4 is 56.5 Å². The Hall–Kier alpha value is -2.34. The van der Waals surface area contributed by atoms with Gasteiger partial charge in [-0.2, -0.15) is 0 Å². The first-order valence-electron chi connectivity index (χ1n) is 8.73. The molecule has 0 bridgehead atoms. The highest BCUT2D eigenvalue weighted by molar-refractivity contribution is 8.00. The molecular weight excluding hydrogens is 408 g/mol. The molecule has 4 aromatic rings. The molecule has 3 nitrogen and oxygen atoms in total. The van der Waals surface area contributed by atoms with E-state index in [1.54, 1.807) is 23.1 Å². The first kappa shape index (κ1) is 19.0. The van der Waals surface area contributed by atoms with Gasteiger partial charge < -0.3 is 5.32 Å². The van der Waals surface area contributed by atoms with Crippen LogP contribution in [0.15, 0.2) is 71.1 Å². The Morgan fingerprint density at radius 1 is 1.07 bits per heavy atom. The number of aryl methyl sites for hydroxylation is 1. The van der Waals surface area contributed by atoms with Crippen LogP contribution in [0.3, 0.4) is 0 Å². The molecule has 0 aliphatic carbocycles. The number of amides is 1. The summed E-state index contributed by atoms with van der Waals surface area (Å²) in [6, 6.07) is 21.2. The lowest BCUT2D eigenvalue weighted by Gasteiger charge is -2.05. The molecule has 1 heterocycles.